The number of hydrogen-bond donors (Lipinski definition) is 2. The fourth-order valence-corrected chi connectivity index (χ4v) is 2.23. The number of ether oxygens (including phenoxy) is 1. The molecule has 1 aliphatic rings. The lowest BCUT2D eigenvalue weighted by Gasteiger charge is -2.11. The zero-order valence-corrected chi connectivity index (χ0v) is 12.0. The first-order valence-corrected chi connectivity index (χ1v) is 7.18. The van der Waals surface area contributed by atoms with Gasteiger partial charge in [0.2, 0.25) is 5.95 Å². The molecule has 0 spiro atoms. The molecule has 1 atom stereocenters. The Hall–Kier alpha value is -2.21. The van der Waals surface area contributed by atoms with E-state index < -0.39 is 0 Å². The SMILES string of the molecule is Cc1ccc(Nc2nncc(NCC3CCCO3)n2)cc1. The van der Waals surface area contributed by atoms with Crippen molar-refractivity contribution >= 4 is 17.5 Å². The Balaban J connectivity index is 1.60. The summed E-state index contributed by atoms with van der Waals surface area (Å²) in [5.41, 5.74) is 2.16. The number of rotatable bonds is 5. The fourth-order valence-electron chi connectivity index (χ4n) is 2.23. The molecular weight excluding hydrogens is 266 g/mol. The van der Waals surface area contributed by atoms with E-state index in [4.69, 9.17) is 4.74 Å². The Bertz CT molecular complexity index is 581. The maximum atomic E-state index is 5.57. The summed E-state index contributed by atoms with van der Waals surface area (Å²) in [6, 6.07) is 8.06. The van der Waals surface area contributed by atoms with Crippen LogP contribution >= 0.6 is 0 Å². The highest BCUT2D eigenvalue weighted by molar-refractivity contribution is 5.54. The van der Waals surface area contributed by atoms with Gasteiger partial charge in [0.25, 0.3) is 0 Å². The molecule has 0 saturated carbocycles. The van der Waals surface area contributed by atoms with Gasteiger partial charge in [-0.25, -0.2) is 0 Å². The molecule has 21 heavy (non-hydrogen) atoms. The minimum Gasteiger partial charge on any atom is -0.376 e. The van der Waals surface area contributed by atoms with Gasteiger partial charge >= 0.3 is 0 Å². The Morgan fingerprint density at radius 3 is 2.90 bits per heavy atom. The van der Waals surface area contributed by atoms with Crippen LogP contribution in [0.4, 0.5) is 17.5 Å². The summed E-state index contributed by atoms with van der Waals surface area (Å²) in [5.74, 6) is 1.19. The molecule has 110 valence electrons. The number of nitrogens with zero attached hydrogens (tertiary/aromatic N) is 3. The molecular formula is C15H19N5O. The van der Waals surface area contributed by atoms with Crippen molar-refractivity contribution in [3.8, 4) is 0 Å². The van der Waals surface area contributed by atoms with Crippen molar-refractivity contribution in [1.29, 1.82) is 0 Å². The first kappa shape index (κ1) is 13.8. The summed E-state index contributed by atoms with van der Waals surface area (Å²) >= 11 is 0. The predicted octanol–water partition coefficient (Wildman–Crippen LogP) is 2.51. The van der Waals surface area contributed by atoms with Crippen LogP contribution in [0.15, 0.2) is 30.5 Å². The van der Waals surface area contributed by atoms with Gasteiger partial charge in [-0.2, -0.15) is 10.1 Å². The molecule has 2 aromatic rings. The number of nitrogens with one attached hydrogen (secondary N) is 2. The molecule has 1 unspecified atom stereocenters. The molecule has 1 fully saturated rings. The minimum absolute atomic E-state index is 0.272. The zero-order valence-electron chi connectivity index (χ0n) is 12.0. The van der Waals surface area contributed by atoms with Crippen molar-refractivity contribution in [2.45, 2.75) is 25.9 Å². The molecule has 1 aromatic heterocycles. The molecule has 2 N–H and O–H groups in total. The standard InChI is InChI=1S/C15H19N5O/c1-11-4-6-12(7-5-11)18-15-19-14(10-17-20-15)16-9-13-3-2-8-21-13/h4-7,10,13H,2-3,8-9H2,1H3,(H2,16,18,19,20). The number of aryl methyl sites for hydroxylation is 1. The number of hydrogen-bond acceptors (Lipinski definition) is 6. The molecule has 1 saturated heterocycles. The smallest absolute Gasteiger partial charge is 0.249 e. The van der Waals surface area contributed by atoms with Crippen molar-refractivity contribution in [1.82, 2.24) is 15.2 Å². The van der Waals surface area contributed by atoms with Crippen molar-refractivity contribution in [3.05, 3.63) is 36.0 Å². The van der Waals surface area contributed by atoms with Gasteiger partial charge in [0.1, 0.15) is 0 Å². The van der Waals surface area contributed by atoms with Gasteiger partial charge in [-0.3, -0.25) is 0 Å². The highest BCUT2D eigenvalue weighted by Gasteiger charge is 2.15. The second-order valence-electron chi connectivity index (χ2n) is 5.17. The van der Waals surface area contributed by atoms with E-state index >= 15 is 0 Å². The van der Waals surface area contributed by atoms with Crippen LogP contribution in [-0.4, -0.2) is 34.4 Å². The Kier molecular flexibility index (Phi) is 4.25. The molecule has 0 bridgehead atoms. The van der Waals surface area contributed by atoms with Crippen LogP contribution in [0.25, 0.3) is 0 Å². The van der Waals surface area contributed by atoms with Crippen molar-refractivity contribution in [2.75, 3.05) is 23.8 Å². The molecule has 1 aromatic carbocycles. The third kappa shape index (κ3) is 3.88. The Labute approximate surface area is 124 Å². The molecule has 0 amide bonds. The fraction of sp³-hybridized carbons (Fsp3) is 0.400. The van der Waals surface area contributed by atoms with Crippen LogP contribution in [0, 0.1) is 6.92 Å². The summed E-state index contributed by atoms with van der Waals surface area (Å²) in [5, 5.41) is 14.3. The molecule has 2 heterocycles. The third-order valence-electron chi connectivity index (χ3n) is 3.40. The maximum Gasteiger partial charge on any atom is 0.249 e. The van der Waals surface area contributed by atoms with Gasteiger partial charge in [0, 0.05) is 18.8 Å². The normalized spacial score (nSPS) is 17.7. The van der Waals surface area contributed by atoms with Gasteiger partial charge in [0.05, 0.1) is 12.3 Å². The van der Waals surface area contributed by atoms with E-state index in [1.54, 1.807) is 6.20 Å². The lowest BCUT2D eigenvalue weighted by molar-refractivity contribution is 0.120. The average molecular weight is 285 g/mol. The second-order valence-corrected chi connectivity index (χ2v) is 5.17. The van der Waals surface area contributed by atoms with Crippen LogP contribution in [0.5, 0.6) is 0 Å². The first-order valence-electron chi connectivity index (χ1n) is 7.18. The van der Waals surface area contributed by atoms with E-state index in [0.717, 1.165) is 31.7 Å². The molecule has 6 heteroatoms. The van der Waals surface area contributed by atoms with E-state index in [2.05, 4.69) is 32.7 Å². The van der Waals surface area contributed by atoms with Crippen molar-refractivity contribution < 1.29 is 4.74 Å². The summed E-state index contributed by atoms with van der Waals surface area (Å²) < 4.78 is 5.57. The summed E-state index contributed by atoms with van der Waals surface area (Å²) in [6.45, 7) is 3.66. The molecule has 0 radical (unpaired) electrons. The maximum absolute atomic E-state index is 5.57. The van der Waals surface area contributed by atoms with E-state index in [0.29, 0.717) is 11.8 Å². The average Bonchev–Trinajstić information content (AvgIpc) is 3.01. The third-order valence-corrected chi connectivity index (χ3v) is 3.40. The summed E-state index contributed by atoms with van der Waals surface area (Å²) in [6.07, 6.45) is 4.12. The van der Waals surface area contributed by atoms with Crippen LogP contribution in [0.2, 0.25) is 0 Å². The van der Waals surface area contributed by atoms with E-state index in [1.165, 1.54) is 5.56 Å². The number of anilines is 3. The molecule has 3 rings (SSSR count). The van der Waals surface area contributed by atoms with Crippen LogP contribution in [0.3, 0.4) is 0 Å². The lowest BCUT2D eigenvalue weighted by Crippen LogP contribution is -2.19. The highest BCUT2D eigenvalue weighted by atomic mass is 16.5. The quantitative estimate of drug-likeness (QED) is 0.879. The summed E-state index contributed by atoms with van der Waals surface area (Å²) in [7, 11) is 0. The lowest BCUT2D eigenvalue weighted by atomic mass is 10.2. The van der Waals surface area contributed by atoms with Gasteiger partial charge in [0.15, 0.2) is 5.82 Å². The summed E-state index contributed by atoms with van der Waals surface area (Å²) in [4.78, 5) is 4.40. The Morgan fingerprint density at radius 1 is 1.29 bits per heavy atom. The van der Waals surface area contributed by atoms with Gasteiger partial charge < -0.3 is 15.4 Å². The van der Waals surface area contributed by atoms with Crippen molar-refractivity contribution in [3.63, 3.8) is 0 Å². The monoisotopic (exact) mass is 285 g/mol. The van der Waals surface area contributed by atoms with Gasteiger partial charge in [-0.1, -0.05) is 17.7 Å². The van der Waals surface area contributed by atoms with E-state index in [-0.39, 0.29) is 6.10 Å². The topological polar surface area (TPSA) is 72.0 Å². The Morgan fingerprint density at radius 2 is 2.14 bits per heavy atom. The minimum atomic E-state index is 0.272. The molecule has 6 nitrogen and oxygen atoms in total. The number of aromatic nitrogens is 3. The van der Waals surface area contributed by atoms with Crippen LogP contribution < -0.4 is 10.6 Å². The molecule has 0 aliphatic carbocycles. The second kappa shape index (κ2) is 6.49. The zero-order chi connectivity index (χ0) is 14.5. The largest absolute Gasteiger partial charge is 0.376 e. The predicted molar refractivity (Wildman–Crippen MR) is 81.8 cm³/mol. The van der Waals surface area contributed by atoms with E-state index in [9.17, 15) is 0 Å². The van der Waals surface area contributed by atoms with Gasteiger partial charge in [-0.05, 0) is 31.9 Å². The number of benzene rings is 1. The molecule has 1 aliphatic heterocycles. The highest BCUT2D eigenvalue weighted by Crippen LogP contribution is 2.15. The van der Waals surface area contributed by atoms with E-state index in [1.807, 2.05) is 24.3 Å². The van der Waals surface area contributed by atoms with Gasteiger partial charge in [-0.15, -0.1) is 5.10 Å². The van der Waals surface area contributed by atoms with Crippen molar-refractivity contribution in [2.24, 2.45) is 0 Å². The first-order chi connectivity index (χ1) is 10.3. The van der Waals surface area contributed by atoms with Crippen LogP contribution in [-0.2, 0) is 4.74 Å². The van der Waals surface area contributed by atoms with Crippen LogP contribution in [0.1, 0.15) is 18.4 Å².